The van der Waals surface area contributed by atoms with E-state index < -0.39 is 0 Å². The zero-order valence-corrected chi connectivity index (χ0v) is 39.3. The van der Waals surface area contributed by atoms with E-state index in [1.54, 1.807) is 0 Å². The van der Waals surface area contributed by atoms with Crippen molar-refractivity contribution in [1.29, 1.82) is 0 Å². The molecule has 0 bridgehead atoms. The maximum absolute atomic E-state index is 2.58. The van der Waals surface area contributed by atoms with Crippen LogP contribution in [0, 0.1) is 0 Å². The highest BCUT2D eigenvalue weighted by Gasteiger charge is 2.38. The van der Waals surface area contributed by atoms with Crippen LogP contribution in [-0.4, -0.2) is 15.2 Å². The number of allylic oxidation sites excluding steroid dienone is 3. The standard InChI is InChI=1S/C67H48N4/c1-43-19-18-36-66-67(43)54-30-12-17-35-59(54)71(66)65-42-41-64(52-24-6-7-25-53(52)65)70(62-39-37-60(48-20-2-4-22-50(48)62)68-55-31-13-8-26-44(55)45-27-9-14-32-56(45)68)63-40-38-61(49-21-3-5-23-51(49)63)69-57-33-15-10-28-46(57)47-29-11-16-34-58(47)69/h2-18,20-44,55H,19H2,1H3. The van der Waals surface area contributed by atoms with Gasteiger partial charge in [0.2, 0.25) is 0 Å². The van der Waals surface area contributed by atoms with Gasteiger partial charge in [0, 0.05) is 65.8 Å². The second-order valence-corrected chi connectivity index (χ2v) is 19.6. The number of benzene rings is 10. The van der Waals surface area contributed by atoms with Crippen LogP contribution in [0.2, 0.25) is 0 Å². The van der Waals surface area contributed by atoms with E-state index in [9.17, 15) is 0 Å². The molecule has 4 heteroatoms. The molecule has 336 valence electrons. The predicted molar refractivity (Wildman–Crippen MR) is 300 cm³/mol. The van der Waals surface area contributed by atoms with Crippen molar-refractivity contribution in [1.82, 2.24) is 9.13 Å². The Bertz CT molecular complexity index is 4220. The largest absolute Gasteiger partial charge is 0.333 e. The minimum atomic E-state index is 0.185. The first-order chi connectivity index (χ1) is 35.2. The molecule has 0 radical (unpaired) electrons. The third kappa shape index (κ3) is 5.79. The lowest BCUT2D eigenvalue weighted by Crippen LogP contribution is -2.28. The summed E-state index contributed by atoms with van der Waals surface area (Å²) in [5.41, 5.74) is 15.9. The van der Waals surface area contributed by atoms with Gasteiger partial charge in [-0.05, 0) is 90.2 Å². The first-order valence-corrected chi connectivity index (χ1v) is 25.1. The lowest BCUT2D eigenvalue weighted by atomic mass is 9.91. The molecule has 15 rings (SSSR count). The van der Waals surface area contributed by atoms with Crippen LogP contribution in [0.25, 0.3) is 82.5 Å². The van der Waals surface area contributed by atoms with Crippen LogP contribution in [0.5, 0.6) is 0 Å². The second-order valence-electron chi connectivity index (χ2n) is 19.6. The Kier molecular flexibility index (Phi) is 8.79. The molecule has 0 spiro atoms. The molecular weight excluding hydrogens is 861 g/mol. The Morgan fingerprint density at radius 3 is 1.45 bits per heavy atom. The van der Waals surface area contributed by atoms with E-state index in [1.807, 2.05) is 0 Å². The van der Waals surface area contributed by atoms with Crippen LogP contribution in [0.15, 0.2) is 237 Å². The Hall–Kier alpha value is -8.86. The number of nitrogens with zero attached hydrogens (tertiary/aromatic N) is 4. The topological polar surface area (TPSA) is 16.3 Å². The van der Waals surface area contributed by atoms with Crippen molar-refractivity contribution in [2.24, 2.45) is 0 Å². The minimum Gasteiger partial charge on any atom is -0.333 e. The van der Waals surface area contributed by atoms with Gasteiger partial charge in [-0.15, -0.1) is 0 Å². The van der Waals surface area contributed by atoms with Gasteiger partial charge >= 0.3 is 0 Å². The first-order valence-electron chi connectivity index (χ1n) is 25.1. The summed E-state index contributed by atoms with van der Waals surface area (Å²) in [4.78, 5) is 5.14. The number of hydrogen-bond acceptors (Lipinski definition) is 2. The zero-order chi connectivity index (χ0) is 46.7. The molecule has 3 aliphatic rings. The van der Waals surface area contributed by atoms with E-state index in [-0.39, 0.29) is 12.0 Å². The van der Waals surface area contributed by atoms with E-state index in [1.165, 1.54) is 98.9 Å². The molecule has 2 aliphatic carbocycles. The third-order valence-corrected chi connectivity index (χ3v) is 15.8. The van der Waals surface area contributed by atoms with E-state index in [0.717, 1.165) is 29.2 Å². The molecule has 1 aliphatic heterocycles. The van der Waals surface area contributed by atoms with Gasteiger partial charge in [-0.3, -0.25) is 0 Å². The van der Waals surface area contributed by atoms with Crippen molar-refractivity contribution >= 4 is 99.5 Å². The van der Waals surface area contributed by atoms with Gasteiger partial charge in [-0.25, -0.2) is 0 Å². The molecule has 2 aromatic heterocycles. The summed E-state index contributed by atoms with van der Waals surface area (Å²) in [7, 11) is 0. The van der Waals surface area contributed by atoms with E-state index in [4.69, 9.17) is 0 Å². The van der Waals surface area contributed by atoms with Crippen molar-refractivity contribution in [2.75, 3.05) is 9.80 Å². The maximum Gasteiger partial charge on any atom is 0.0629 e. The molecule has 0 saturated carbocycles. The van der Waals surface area contributed by atoms with Gasteiger partial charge in [0.05, 0.1) is 56.7 Å². The van der Waals surface area contributed by atoms with Gasteiger partial charge in [0.15, 0.2) is 0 Å². The first kappa shape index (κ1) is 40.1. The van der Waals surface area contributed by atoms with Gasteiger partial charge in [-0.2, -0.15) is 0 Å². The number of rotatable bonds is 6. The molecule has 0 amide bonds. The molecule has 3 heterocycles. The summed E-state index contributed by atoms with van der Waals surface area (Å²) in [6.07, 6.45) is 14.9. The molecule has 71 heavy (non-hydrogen) atoms. The Morgan fingerprint density at radius 2 is 0.845 bits per heavy atom. The Morgan fingerprint density at radius 1 is 0.394 bits per heavy atom. The summed E-state index contributed by atoms with van der Waals surface area (Å²) in [6.45, 7) is 2.37. The molecule has 0 N–H and O–H groups in total. The SMILES string of the molecule is CC1CC=Cc2c1c1ccccc1n2-c1ccc(N(c2ccc(N3c4ccccc4C4C=CC=CC43)c3ccccc23)c2ccc(-n3c4ccccc4c4ccccc43)c3ccccc23)c2ccccc12. The summed E-state index contributed by atoms with van der Waals surface area (Å²) >= 11 is 0. The fourth-order valence-corrected chi connectivity index (χ4v) is 12.9. The van der Waals surface area contributed by atoms with Crippen LogP contribution >= 0.6 is 0 Å². The summed E-state index contributed by atoms with van der Waals surface area (Å²) in [5.74, 6) is 0.722. The van der Waals surface area contributed by atoms with Crippen molar-refractivity contribution in [3.8, 4) is 11.4 Å². The fraction of sp³-hybridized carbons (Fsp3) is 0.0746. The van der Waals surface area contributed by atoms with E-state index in [2.05, 4.69) is 269 Å². The minimum absolute atomic E-state index is 0.185. The van der Waals surface area contributed by atoms with Crippen LogP contribution in [0.1, 0.15) is 42.0 Å². The smallest absolute Gasteiger partial charge is 0.0629 e. The van der Waals surface area contributed by atoms with Gasteiger partial charge in [0.1, 0.15) is 0 Å². The lowest BCUT2D eigenvalue weighted by molar-refractivity contribution is 0.746. The van der Waals surface area contributed by atoms with Gasteiger partial charge in [0.25, 0.3) is 0 Å². The maximum atomic E-state index is 2.58. The Labute approximate surface area is 412 Å². The summed E-state index contributed by atoms with van der Waals surface area (Å²) in [6, 6.07) is 77.1. The average molecular weight is 909 g/mol. The number of anilines is 5. The van der Waals surface area contributed by atoms with Crippen molar-refractivity contribution in [3.63, 3.8) is 0 Å². The molecule has 4 nitrogen and oxygen atoms in total. The second kappa shape index (κ2) is 15.6. The zero-order valence-electron chi connectivity index (χ0n) is 39.3. The normalized spacial score (nSPS) is 17.0. The number of fused-ring (bicyclic) bond motifs is 12. The quantitative estimate of drug-likeness (QED) is 0.165. The van der Waals surface area contributed by atoms with Crippen LogP contribution in [0.3, 0.4) is 0 Å². The molecule has 0 saturated heterocycles. The summed E-state index contributed by atoms with van der Waals surface area (Å²) in [5, 5.41) is 11.0. The van der Waals surface area contributed by atoms with Crippen molar-refractivity contribution in [3.05, 3.63) is 253 Å². The molecule has 12 aromatic rings. The molecular formula is C67H48N4. The van der Waals surface area contributed by atoms with Crippen LogP contribution in [0.4, 0.5) is 28.4 Å². The van der Waals surface area contributed by atoms with Crippen molar-refractivity contribution < 1.29 is 0 Å². The lowest BCUT2D eigenvalue weighted by Gasteiger charge is -2.33. The fourth-order valence-electron chi connectivity index (χ4n) is 12.9. The van der Waals surface area contributed by atoms with Gasteiger partial charge < -0.3 is 18.9 Å². The van der Waals surface area contributed by atoms with E-state index in [0.29, 0.717) is 5.92 Å². The average Bonchev–Trinajstić information content (AvgIpc) is 4.08. The predicted octanol–water partition coefficient (Wildman–Crippen LogP) is 17.9. The number of para-hydroxylation sites is 4. The number of hydrogen-bond donors (Lipinski definition) is 0. The van der Waals surface area contributed by atoms with Crippen LogP contribution in [-0.2, 0) is 0 Å². The van der Waals surface area contributed by atoms with E-state index >= 15 is 0 Å². The van der Waals surface area contributed by atoms with Crippen LogP contribution < -0.4 is 9.80 Å². The third-order valence-electron chi connectivity index (χ3n) is 15.8. The van der Waals surface area contributed by atoms with Gasteiger partial charge in [-0.1, -0.05) is 183 Å². The Balaban J connectivity index is 1.01. The molecule has 3 unspecified atom stereocenters. The number of aromatic nitrogens is 2. The van der Waals surface area contributed by atoms with Crippen molar-refractivity contribution in [2.45, 2.75) is 31.2 Å². The molecule has 10 aromatic carbocycles. The molecule has 0 fully saturated rings. The monoisotopic (exact) mass is 908 g/mol. The summed E-state index contributed by atoms with van der Waals surface area (Å²) < 4.78 is 4.98. The molecule has 3 atom stereocenters. The highest BCUT2D eigenvalue weighted by molar-refractivity contribution is 6.15. The highest BCUT2D eigenvalue weighted by Crippen LogP contribution is 2.53. The highest BCUT2D eigenvalue weighted by atomic mass is 15.2.